The van der Waals surface area contributed by atoms with Crippen molar-refractivity contribution in [3.8, 4) is 0 Å². The van der Waals surface area contributed by atoms with E-state index in [1.165, 1.54) is 0 Å². The van der Waals surface area contributed by atoms with Crippen LogP contribution in [0.15, 0.2) is 0 Å². The van der Waals surface area contributed by atoms with E-state index in [1.807, 2.05) is 0 Å². The van der Waals surface area contributed by atoms with Crippen LogP contribution in [0.5, 0.6) is 0 Å². The normalized spacial score (nSPS) is 48.9. The molecule has 2 saturated carbocycles. The molecule has 6 heteroatoms. The Kier molecular flexibility index (Phi) is 1.70. The first-order valence-electron chi connectivity index (χ1n) is 6.09. The zero-order valence-corrected chi connectivity index (χ0v) is 9.33. The highest BCUT2D eigenvalue weighted by Gasteiger charge is 2.67. The van der Waals surface area contributed by atoms with E-state index in [-0.39, 0.29) is 11.8 Å². The largest absolute Gasteiger partial charge is 0.393 e. The van der Waals surface area contributed by atoms with E-state index in [2.05, 4.69) is 9.47 Å². The van der Waals surface area contributed by atoms with Crippen LogP contribution in [-0.2, 0) is 28.7 Å². The van der Waals surface area contributed by atoms with Gasteiger partial charge in [-0.25, -0.2) is 0 Å². The predicted octanol–water partition coefficient (Wildman–Crippen LogP) is -0.342. The first-order chi connectivity index (χ1) is 8.58. The summed E-state index contributed by atoms with van der Waals surface area (Å²) in [5, 5.41) is 0. The topological polar surface area (TPSA) is 86.7 Å². The Bertz CT molecular complexity index is 493. The maximum atomic E-state index is 11.7. The third-order valence-electron chi connectivity index (χ3n) is 4.90. The molecule has 6 unspecified atom stereocenters. The monoisotopic (exact) mass is 250 g/mol. The summed E-state index contributed by atoms with van der Waals surface area (Å²) in [4.78, 5) is 46.6. The summed E-state index contributed by atoms with van der Waals surface area (Å²) in [5.74, 6) is -4.38. The Morgan fingerprint density at radius 2 is 1.33 bits per heavy atom. The minimum Gasteiger partial charge on any atom is -0.393 e. The lowest BCUT2D eigenvalue weighted by Crippen LogP contribution is -2.34. The SMILES string of the molecule is O=C1OC(=O)C2C1CC1CC2C2C(=O)OC(=O)C12. The van der Waals surface area contributed by atoms with E-state index in [9.17, 15) is 19.2 Å². The van der Waals surface area contributed by atoms with Gasteiger partial charge in [-0.1, -0.05) is 0 Å². The van der Waals surface area contributed by atoms with Crippen molar-refractivity contribution in [2.24, 2.45) is 35.5 Å². The van der Waals surface area contributed by atoms with Gasteiger partial charge >= 0.3 is 23.9 Å². The number of ether oxygens (including phenoxy) is 2. The zero-order chi connectivity index (χ0) is 12.6. The molecular formula is C12H10O6. The van der Waals surface area contributed by atoms with Crippen LogP contribution in [0.1, 0.15) is 12.8 Å². The molecule has 0 amide bonds. The highest BCUT2D eigenvalue weighted by molar-refractivity contribution is 6.01. The molecule has 0 radical (unpaired) electrons. The van der Waals surface area contributed by atoms with Gasteiger partial charge in [0, 0.05) is 0 Å². The number of rotatable bonds is 0. The fourth-order valence-electron chi connectivity index (χ4n) is 4.31. The molecule has 4 fully saturated rings. The van der Waals surface area contributed by atoms with E-state index in [0.717, 1.165) is 0 Å². The van der Waals surface area contributed by atoms with E-state index < -0.39 is 47.5 Å². The minimum absolute atomic E-state index is 0.0290. The van der Waals surface area contributed by atoms with Gasteiger partial charge in [-0.15, -0.1) is 0 Å². The van der Waals surface area contributed by atoms with Crippen molar-refractivity contribution in [1.29, 1.82) is 0 Å². The van der Waals surface area contributed by atoms with Gasteiger partial charge in [0.2, 0.25) is 0 Å². The molecule has 2 bridgehead atoms. The lowest BCUT2D eigenvalue weighted by atomic mass is 9.72. The predicted molar refractivity (Wildman–Crippen MR) is 52.4 cm³/mol. The molecule has 0 aromatic rings. The van der Waals surface area contributed by atoms with E-state index >= 15 is 0 Å². The van der Waals surface area contributed by atoms with Crippen molar-refractivity contribution in [1.82, 2.24) is 0 Å². The Labute approximate surface area is 102 Å². The van der Waals surface area contributed by atoms with Crippen molar-refractivity contribution < 1.29 is 28.7 Å². The molecule has 4 aliphatic rings. The smallest absolute Gasteiger partial charge is 0.317 e. The second-order valence-electron chi connectivity index (χ2n) is 5.56. The second-order valence-corrected chi connectivity index (χ2v) is 5.56. The Balaban J connectivity index is 1.79. The number of hydrogen-bond donors (Lipinski definition) is 0. The van der Waals surface area contributed by atoms with Crippen LogP contribution in [0.4, 0.5) is 0 Å². The maximum absolute atomic E-state index is 11.7. The molecular weight excluding hydrogens is 240 g/mol. The van der Waals surface area contributed by atoms with Crippen LogP contribution in [0.25, 0.3) is 0 Å². The van der Waals surface area contributed by atoms with Crippen molar-refractivity contribution in [2.75, 3.05) is 0 Å². The van der Waals surface area contributed by atoms with E-state index in [1.54, 1.807) is 0 Å². The lowest BCUT2D eigenvalue weighted by molar-refractivity contribution is -0.156. The van der Waals surface area contributed by atoms with Crippen LogP contribution in [-0.4, -0.2) is 23.9 Å². The Morgan fingerprint density at radius 3 is 2.11 bits per heavy atom. The summed E-state index contributed by atoms with van der Waals surface area (Å²) in [5.41, 5.74) is 0. The van der Waals surface area contributed by atoms with Crippen LogP contribution in [0.2, 0.25) is 0 Å². The molecule has 6 nitrogen and oxygen atoms in total. The molecule has 0 aromatic heterocycles. The number of cyclic esters (lactones) is 4. The van der Waals surface area contributed by atoms with Gasteiger partial charge in [-0.2, -0.15) is 0 Å². The number of carbonyl (C=O) groups excluding carboxylic acids is 4. The molecule has 2 saturated heterocycles. The van der Waals surface area contributed by atoms with Crippen LogP contribution in [0, 0.1) is 35.5 Å². The number of esters is 4. The molecule has 0 aromatic carbocycles. The highest BCUT2D eigenvalue weighted by Crippen LogP contribution is 2.58. The second kappa shape index (κ2) is 2.99. The van der Waals surface area contributed by atoms with Crippen molar-refractivity contribution in [2.45, 2.75) is 12.8 Å². The van der Waals surface area contributed by atoms with Crippen molar-refractivity contribution in [3.05, 3.63) is 0 Å². The summed E-state index contributed by atoms with van der Waals surface area (Å²) >= 11 is 0. The zero-order valence-electron chi connectivity index (χ0n) is 9.33. The summed E-state index contributed by atoms with van der Waals surface area (Å²) < 4.78 is 9.32. The van der Waals surface area contributed by atoms with Gasteiger partial charge < -0.3 is 9.47 Å². The van der Waals surface area contributed by atoms with Crippen LogP contribution < -0.4 is 0 Å². The molecule has 18 heavy (non-hydrogen) atoms. The molecule has 6 atom stereocenters. The third-order valence-corrected chi connectivity index (χ3v) is 4.90. The standard InChI is InChI=1S/C12H10O6/c13-9-5-2-3-1-4(7(5)11(15)17-9)8-6(3)10(14)18-12(8)16/h3-8H,1-2H2. The lowest BCUT2D eigenvalue weighted by Gasteiger charge is -2.28. The van der Waals surface area contributed by atoms with Gasteiger partial charge in [0.15, 0.2) is 0 Å². The first kappa shape index (κ1) is 10.2. The Hall–Kier alpha value is -1.72. The molecule has 2 aliphatic carbocycles. The van der Waals surface area contributed by atoms with Crippen molar-refractivity contribution >= 4 is 23.9 Å². The average molecular weight is 250 g/mol. The number of carbonyl (C=O) groups is 4. The number of hydrogen-bond acceptors (Lipinski definition) is 6. The van der Waals surface area contributed by atoms with E-state index in [0.29, 0.717) is 12.8 Å². The molecule has 0 N–H and O–H groups in total. The summed E-state index contributed by atoms with van der Waals surface area (Å²) in [7, 11) is 0. The molecule has 4 rings (SSSR count). The molecule has 94 valence electrons. The summed E-state index contributed by atoms with van der Waals surface area (Å²) in [6.07, 6.45) is 1.09. The fourth-order valence-corrected chi connectivity index (χ4v) is 4.31. The highest BCUT2D eigenvalue weighted by atomic mass is 16.6. The fraction of sp³-hybridized carbons (Fsp3) is 0.667. The first-order valence-corrected chi connectivity index (χ1v) is 6.09. The third kappa shape index (κ3) is 0.996. The van der Waals surface area contributed by atoms with Crippen LogP contribution >= 0.6 is 0 Å². The van der Waals surface area contributed by atoms with Gasteiger partial charge in [-0.3, -0.25) is 19.2 Å². The van der Waals surface area contributed by atoms with E-state index in [4.69, 9.17) is 0 Å². The number of fused-ring (bicyclic) bond motifs is 7. The maximum Gasteiger partial charge on any atom is 0.317 e. The quantitative estimate of drug-likeness (QED) is 0.431. The molecule has 2 heterocycles. The molecule has 0 spiro atoms. The van der Waals surface area contributed by atoms with Crippen LogP contribution in [0.3, 0.4) is 0 Å². The van der Waals surface area contributed by atoms with Crippen molar-refractivity contribution in [3.63, 3.8) is 0 Å². The molecule has 2 aliphatic heterocycles. The van der Waals surface area contributed by atoms with Gasteiger partial charge in [0.1, 0.15) is 0 Å². The van der Waals surface area contributed by atoms with Gasteiger partial charge in [0.05, 0.1) is 23.7 Å². The average Bonchev–Trinajstić information content (AvgIpc) is 2.86. The van der Waals surface area contributed by atoms with Gasteiger partial charge in [0.25, 0.3) is 0 Å². The summed E-state index contributed by atoms with van der Waals surface area (Å²) in [6, 6.07) is 0. The Morgan fingerprint density at radius 1 is 0.722 bits per heavy atom. The van der Waals surface area contributed by atoms with Gasteiger partial charge in [-0.05, 0) is 24.7 Å². The minimum atomic E-state index is -0.554. The summed E-state index contributed by atoms with van der Waals surface area (Å²) in [6.45, 7) is 0.